The minimum atomic E-state index is -0.476. The van der Waals surface area contributed by atoms with Crippen LogP contribution in [0.3, 0.4) is 0 Å². The lowest BCUT2D eigenvalue weighted by atomic mass is 10.0. The van der Waals surface area contributed by atoms with Crippen LogP contribution in [0.25, 0.3) is 0 Å². The maximum atomic E-state index is 10.8. The fourth-order valence-corrected chi connectivity index (χ4v) is 2.21. The highest BCUT2D eigenvalue weighted by Crippen LogP contribution is 2.15. The van der Waals surface area contributed by atoms with Crippen molar-refractivity contribution in [2.45, 2.75) is 78.4 Å². The predicted molar refractivity (Wildman–Crippen MR) is 84.5 cm³/mol. The van der Waals surface area contributed by atoms with Crippen LogP contribution in [0.5, 0.6) is 0 Å². The first-order valence-electron chi connectivity index (χ1n) is 8.10. The summed E-state index contributed by atoms with van der Waals surface area (Å²) < 4.78 is 4.97. The molecule has 0 heterocycles. The molecule has 1 amide bonds. The van der Waals surface area contributed by atoms with Crippen LogP contribution in [0.4, 0.5) is 0 Å². The van der Waals surface area contributed by atoms with Gasteiger partial charge in [0.2, 0.25) is 5.91 Å². The number of hydrogen-bond donors (Lipinski definition) is 2. The minimum Gasteiger partial charge on any atom is -0.447 e. The van der Waals surface area contributed by atoms with Crippen LogP contribution in [-0.4, -0.2) is 24.6 Å². The lowest BCUT2D eigenvalue weighted by Gasteiger charge is -2.19. The highest BCUT2D eigenvalue weighted by atomic mass is 16.6. The zero-order chi connectivity index (χ0) is 16.1. The second kappa shape index (κ2) is 12.6. The molecular formula is C16H32N2O3. The summed E-state index contributed by atoms with van der Waals surface area (Å²) in [6, 6.07) is 0. The van der Waals surface area contributed by atoms with E-state index >= 15 is 0 Å². The van der Waals surface area contributed by atoms with Crippen LogP contribution < -0.4 is 11.1 Å². The molecule has 21 heavy (non-hydrogen) atoms. The van der Waals surface area contributed by atoms with Crippen LogP contribution in [0.1, 0.15) is 72.1 Å². The van der Waals surface area contributed by atoms with E-state index in [2.05, 4.69) is 5.32 Å². The fraction of sp³-hybridized carbons (Fsp3) is 0.875. The lowest BCUT2D eigenvalue weighted by molar-refractivity contribution is -0.148. The minimum absolute atomic E-state index is 0.0519. The highest BCUT2D eigenvalue weighted by molar-refractivity contribution is 5.72. The molecule has 5 nitrogen and oxygen atoms in total. The van der Waals surface area contributed by atoms with E-state index in [1.54, 1.807) is 6.92 Å². The van der Waals surface area contributed by atoms with Gasteiger partial charge in [-0.3, -0.25) is 15.3 Å². The van der Waals surface area contributed by atoms with E-state index in [-0.39, 0.29) is 17.8 Å². The van der Waals surface area contributed by atoms with E-state index < -0.39 is 6.23 Å². The molecule has 124 valence electrons. The summed E-state index contributed by atoms with van der Waals surface area (Å²) in [4.78, 5) is 21.5. The summed E-state index contributed by atoms with van der Waals surface area (Å²) in [6.07, 6.45) is 8.78. The second-order valence-corrected chi connectivity index (χ2v) is 5.80. The Balaban J connectivity index is 3.32. The Morgan fingerprint density at radius 3 is 2.05 bits per heavy atom. The first kappa shape index (κ1) is 19.9. The lowest BCUT2D eigenvalue weighted by Crippen LogP contribution is -2.32. The van der Waals surface area contributed by atoms with Gasteiger partial charge in [0.25, 0.3) is 0 Å². The second-order valence-electron chi connectivity index (χ2n) is 5.80. The molecule has 0 aromatic heterocycles. The van der Waals surface area contributed by atoms with Crippen LogP contribution in [0.15, 0.2) is 0 Å². The van der Waals surface area contributed by atoms with Crippen molar-refractivity contribution >= 4 is 11.9 Å². The first-order valence-corrected chi connectivity index (χ1v) is 8.10. The Kier molecular flexibility index (Phi) is 12.0. The van der Waals surface area contributed by atoms with E-state index in [0.717, 1.165) is 25.8 Å². The summed E-state index contributed by atoms with van der Waals surface area (Å²) in [5, 5.41) is 2.81. The number of hydrogen-bond acceptors (Lipinski definition) is 4. The van der Waals surface area contributed by atoms with E-state index in [4.69, 9.17) is 10.5 Å². The van der Waals surface area contributed by atoms with Crippen LogP contribution in [0.2, 0.25) is 0 Å². The van der Waals surface area contributed by atoms with E-state index in [1.807, 2.05) is 6.92 Å². The van der Waals surface area contributed by atoms with Crippen molar-refractivity contribution in [3.63, 3.8) is 0 Å². The Morgan fingerprint density at radius 1 is 1.00 bits per heavy atom. The normalized spacial score (nSPS) is 13.5. The van der Waals surface area contributed by atoms with Crippen molar-refractivity contribution in [3.05, 3.63) is 0 Å². The van der Waals surface area contributed by atoms with Crippen molar-refractivity contribution < 1.29 is 14.3 Å². The van der Waals surface area contributed by atoms with Crippen molar-refractivity contribution in [1.82, 2.24) is 5.32 Å². The number of amides is 1. The van der Waals surface area contributed by atoms with E-state index in [0.29, 0.717) is 0 Å². The van der Waals surface area contributed by atoms with Gasteiger partial charge in [-0.15, -0.1) is 0 Å². The van der Waals surface area contributed by atoms with Gasteiger partial charge in [-0.2, -0.15) is 0 Å². The molecule has 0 spiro atoms. The SMILES string of the molecule is CC(=O)NCCCCCCCCCC(C)C(N)OC(C)=O. The average Bonchev–Trinajstić information content (AvgIpc) is 2.39. The molecule has 2 unspecified atom stereocenters. The molecule has 0 radical (unpaired) electrons. The zero-order valence-electron chi connectivity index (χ0n) is 13.8. The molecule has 0 rings (SSSR count). The van der Waals surface area contributed by atoms with Gasteiger partial charge < -0.3 is 10.1 Å². The summed E-state index contributed by atoms with van der Waals surface area (Å²) >= 11 is 0. The maximum absolute atomic E-state index is 10.8. The molecule has 0 aromatic rings. The number of rotatable bonds is 12. The molecule has 0 fully saturated rings. The molecule has 0 aliphatic heterocycles. The topological polar surface area (TPSA) is 81.4 Å². The van der Waals surface area contributed by atoms with Crippen LogP contribution in [0, 0.1) is 5.92 Å². The smallest absolute Gasteiger partial charge is 0.304 e. The Bertz CT molecular complexity index is 295. The Hall–Kier alpha value is -1.10. The average molecular weight is 300 g/mol. The van der Waals surface area contributed by atoms with Crippen molar-refractivity contribution in [2.24, 2.45) is 11.7 Å². The number of unbranched alkanes of at least 4 members (excludes halogenated alkanes) is 6. The van der Waals surface area contributed by atoms with Gasteiger partial charge in [0.15, 0.2) is 6.23 Å². The molecular weight excluding hydrogens is 268 g/mol. The number of carbonyl (C=O) groups excluding carboxylic acids is 2. The quantitative estimate of drug-likeness (QED) is 0.330. The van der Waals surface area contributed by atoms with Crippen molar-refractivity contribution in [2.75, 3.05) is 6.54 Å². The van der Waals surface area contributed by atoms with Crippen molar-refractivity contribution in [1.29, 1.82) is 0 Å². The van der Waals surface area contributed by atoms with Gasteiger partial charge in [-0.25, -0.2) is 0 Å². The fourth-order valence-electron chi connectivity index (χ4n) is 2.21. The summed E-state index contributed by atoms with van der Waals surface area (Å²) in [5.41, 5.74) is 5.78. The maximum Gasteiger partial charge on any atom is 0.304 e. The van der Waals surface area contributed by atoms with Crippen LogP contribution >= 0.6 is 0 Å². The van der Waals surface area contributed by atoms with E-state index in [1.165, 1.54) is 39.0 Å². The van der Waals surface area contributed by atoms with Crippen molar-refractivity contribution in [3.8, 4) is 0 Å². The Labute approximate surface area is 129 Å². The summed E-state index contributed by atoms with van der Waals surface area (Å²) in [5.74, 6) is -0.0451. The number of carbonyl (C=O) groups is 2. The van der Waals surface area contributed by atoms with Gasteiger partial charge in [-0.1, -0.05) is 45.4 Å². The van der Waals surface area contributed by atoms with Gasteiger partial charge >= 0.3 is 5.97 Å². The van der Waals surface area contributed by atoms with Gasteiger partial charge in [-0.05, 0) is 12.8 Å². The first-order chi connectivity index (χ1) is 9.93. The van der Waals surface area contributed by atoms with E-state index in [9.17, 15) is 9.59 Å². The van der Waals surface area contributed by atoms with Gasteiger partial charge in [0, 0.05) is 26.3 Å². The highest BCUT2D eigenvalue weighted by Gasteiger charge is 2.14. The third kappa shape index (κ3) is 13.6. The van der Waals surface area contributed by atoms with Crippen LogP contribution in [-0.2, 0) is 14.3 Å². The molecule has 0 aromatic carbocycles. The predicted octanol–water partition coefficient (Wildman–Crippen LogP) is 2.73. The largest absolute Gasteiger partial charge is 0.447 e. The molecule has 0 saturated carbocycles. The molecule has 0 saturated heterocycles. The monoisotopic (exact) mass is 300 g/mol. The van der Waals surface area contributed by atoms with Gasteiger partial charge in [0.1, 0.15) is 0 Å². The number of ether oxygens (including phenoxy) is 1. The molecule has 2 atom stereocenters. The molecule has 0 aliphatic rings. The van der Waals surface area contributed by atoms with Gasteiger partial charge in [0.05, 0.1) is 0 Å². The summed E-state index contributed by atoms with van der Waals surface area (Å²) in [7, 11) is 0. The molecule has 0 bridgehead atoms. The number of nitrogens with two attached hydrogens (primary N) is 1. The number of esters is 1. The standard InChI is InChI=1S/C16H32N2O3/c1-13(16(17)21-15(3)20)11-9-7-5-4-6-8-10-12-18-14(2)19/h13,16H,4-12,17H2,1-3H3,(H,18,19). The number of nitrogens with one attached hydrogen (secondary N) is 1. The zero-order valence-corrected chi connectivity index (χ0v) is 13.8. The molecule has 5 heteroatoms. The third-order valence-corrected chi connectivity index (χ3v) is 3.57. The molecule has 0 aliphatic carbocycles. The Morgan fingerprint density at radius 2 is 1.52 bits per heavy atom. The third-order valence-electron chi connectivity index (χ3n) is 3.57. The molecule has 3 N–H and O–H groups in total. The summed E-state index contributed by atoms with van der Waals surface area (Å²) in [6.45, 7) is 5.75.